The molecule has 12 heteroatoms. The van der Waals surface area contributed by atoms with E-state index in [2.05, 4.69) is 5.32 Å². The van der Waals surface area contributed by atoms with Gasteiger partial charge >= 0.3 is 0 Å². The van der Waals surface area contributed by atoms with E-state index in [1.807, 2.05) is 0 Å². The molecule has 1 aliphatic rings. The average Bonchev–Trinajstić information content (AvgIpc) is 3.29. The highest BCUT2D eigenvalue weighted by Crippen LogP contribution is 2.34. The van der Waals surface area contributed by atoms with Gasteiger partial charge in [-0.25, -0.2) is 8.42 Å². The van der Waals surface area contributed by atoms with Crippen LogP contribution in [0.4, 0.5) is 11.4 Å². The van der Waals surface area contributed by atoms with E-state index in [-0.39, 0.29) is 40.7 Å². The normalized spacial score (nSPS) is 16.4. The quantitative estimate of drug-likeness (QED) is 0.463. The maximum atomic E-state index is 13.3. The van der Waals surface area contributed by atoms with E-state index in [1.54, 1.807) is 0 Å². The second kappa shape index (κ2) is 9.40. The Morgan fingerprint density at radius 1 is 1.09 bits per heavy atom. The van der Waals surface area contributed by atoms with Crippen LogP contribution in [0.25, 0.3) is 0 Å². The van der Waals surface area contributed by atoms with Crippen molar-refractivity contribution in [3.63, 3.8) is 0 Å². The van der Waals surface area contributed by atoms with E-state index >= 15 is 0 Å². The van der Waals surface area contributed by atoms with Crippen molar-refractivity contribution in [2.75, 3.05) is 33.2 Å². The van der Waals surface area contributed by atoms with Crippen LogP contribution < -0.4 is 19.5 Å². The number of ether oxygens (including phenoxy) is 3. The van der Waals surface area contributed by atoms with E-state index < -0.39 is 26.9 Å². The first-order chi connectivity index (χ1) is 15.2. The molecule has 1 unspecified atom stereocenters. The van der Waals surface area contributed by atoms with Gasteiger partial charge in [0.05, 0.1) is 37.2 Å². The average molecular weight is 465 g/mol. The Kier molecular flexibility index (Phi) is 6.84. The van der Waals surface area contributed by atoms with Crippen LogP contribution in [0.2, 0.25) is 0 Å². The molecule has 1 fully saturated rings. The van der Waals surface area contributed by atoms with Gasteiger partial charge in [0.15, 0.2) is 11.5 Å². The van der Waals surface area contributed by atoms with Crippen LogP contribution in [-0.2, 0) is 14.8 Å². The summed E-state index contributed by atoms with van der Waals surface area (Å²) in [7, 11) is 0.158. The number of hydrogen-bond donors (Lipinski definition) is 1. The van der Waals surface area contributed by atoms with Crippen molar-refractivity contribution in [1.82, 2.24) is 4.31 Å². The molecule has 3 rings (SSSR count). The topological polar surface area (TPSA) is 137 Å². The third kappa shape index (κ3) is 4.46. The zero-order valence-corrected chi connectivity index (χ0v) is 18.5. The number of methoxy groups -OCH3 is 3. The third-order valence-corrected chi connectivity index (χ3v) is 7.03. The van der Waals surface area contributed by atoms with Gasteiger partial charge in [-0.2, -0.15) is 4.31 Å². The number of benzene rings is 2. The minimum Gasteiger partial charge on any atom is -0.496 e. The molecule has 0 spiro atoms. The van der Waals surface area contributed by atoms with Crippen LogP contribution in [0.3, 0.4) is 0 Å². The van der Waals surface area contributed by atoms with Crippen molar-refractivity contribution in [2.24, 2.45) is 0 Å². The van der Waals surface area contributed by atoms with Gasteiger partial charge in [-0.05, 0) is 37.1 Å². The predicted molar refractivity (Wildman–Crippen MR) is 115 cm³/mol. The maximum absolute atomic E-state index is 13.3. The molecule has 172 valence electrons. The number of nitrogens with one attached hydrogen (secondary N) is 1. The fourth-order valence-electron chi connectivity index (χ4n) is 3.51. The summed E-state index contributed by atoms with van der Waals surface area (Å²) >= 11 is 0. The molecule has 1 heterocycles. The highest BCUT2D eigenvalue weighted by molar-refractivity contribution is 7.89. The van der Waals surface area contributed by atoms with E-state index in [0.717, 1.165) is 4.31 Å². The summed E-state index contributed by atoms with van der Waals surface area (Å²) < 4.78 is 42.9. The van der Waals surface area contributed by atoms with Gasteiger partial charge < -0.3 is 19.5 Å². The number of hydrogen-bond acceptors (Lipinski definition) is 8. The summed E-state index contributed by atoms with van der Waals surface area (Å²) in [6.07, 6.45) is 0.748. The van der Waals surface area contributed by atoms with E-state index in [4.69, 9.17) is 14.2 Å². The van der Waals surface area contributed by atoms with Crippen molar-refractivity contribution in [3.05, 3.63) is 46.5 Å². The first kappa shape index (κ1) is 23.3. The highest BCUT2D eigenvalue weighted by Gasteiger charge is 2.40. The lowest BCUT2D eigenvalue weighted by molar-refractivity contribution is -0.384. The van der Waals surface area contributed by atoms with Crippen LogP contribution in [0.1, 0.15) is 12.8 Å². The zero-order valence-electron chi connectivity index (χ0n) is 17.7. The molecule has 2 aromatic carbocycles. The summed E-state index contributed by atoms with van der Waals surface area (Å²) in [6.45, 7) is 0.138. The molecule has 0 bridgehead atoms. The van der Waals surface area contributed by atoms with E-state index in [9.17, 15) is 23.3 Å². The summed E-state index contributed by atoms with van der Waals surface area (Å²) in [5.74, 6) is 0.213. The lowest BCUT2D eigenvalue weighted by Crippen LogP contribution is -2.43. The van der Waals surface area contributed by atoms with Gasteiger partial charge in [0.1, 0.15) is 17.5 Å². The second-order valence-electron chi connectivity index (χ2n) is 6.92. The monoisotopic (exact) mass is 465 g/mol. The number of amides is 1. The molecule has 1 amide bonds. The number of anilines is 1. The largest absolute Gasteiger partial charge is 0.496 e. The molecule has 1 saturated heterocycles. The standard InChI is InChI=1S/C20H23N3O8S/c1-29-13-6-8-15(17(11-13)23(25)26)21-20(24)16-5-4-10-22(16)32(27,28)14-7-9-18(30-2)19(12-14)31-3/h6-9,11-12,16H,4-5,10H2,1-3H3,(H,21,24). The molecular formula is C20H23N3O8S. The number of carbonyl (C=O) groups excluding carboxylic acids is 1. The number of carbonyl (C=O) groups is 1. The summed E-state index contributed by atoms with van der Waals surface area (Å²) in [4.78, 5) is 23.6. The van der Waals surface area contributed by atoms with Crippen LogP contribution >= 0.6 is 0 Å². The lowest BCUT2D eigenvalue weighted by atomic mass is 10.2. The highest BCUT2D eigenvalue weighted by atomic mass is 32.2. The molecule has 32 heavy (non-hydrogen) atoms. The SMILES string of the molecule is COc1ccc(NC(=O)C2CCCN2S(=O)(=O)c2ccc(OC)c(OC)c2)c([N+](=O)[O-])c1. The van der Waals surface area contributed by atoms with Gasteiger partial charge in [0.25, 0.3) is 5.69 Å². The van der Waals surface area contributed by atoms with Gasteiger partial charge in [-0.15, -0.1) is 0 Å². The Morgan fingerprint density at radius 2 is 1.81 bits per heavy atom. The van der Waals surface area contributed by atoms with Crippen molar-refractivity contribution < 1.29 is 32.3 Å². The predicted octanol–water partition coefficient (Wildman–Crippen LogP) is 2.41. The Hall–Kier alpha value is -3.38. The first-order valence-electron chi connectivity index (χ1n) is 9.60. The lowest BCUT2D eigenvalue weighted by Gasteiger charge is -2.24. The molecule has 1 aliphatic heterocycles. The Bertz CT molecular complexity index is 1140. The van der Waals surface area contributed by atoms with Crippen LogP contribution in [0.15, 0.2) is 41.3 Å². The maximum Gasteiger partial charge on any atom is 0.296 e. The number of rotatable bonds is 8. The second-order valence-corrected chi connectivity index (χ2v) is 8.81. The van der Waals surface area contributed by atoms with Crippen molar-refractivity contribution in [2.45, 2.75) is 23.8 Å². The molecular weight excluding hydrogens is 442 g/mol. The molecule has 0 aromatic heterocycles. The summed E-state index contributed by atoms with van der Waals surface area (Å²) in [5, 5.41) is 13.9. The Labute approximate surface area is 185 Å². The van der Waals surface area contributed by atoms with Crippen molar-refractivity contribution in [3.8, 4) is 17.2 Å². The summed E-state index contributed by atoms with van der Waals surface area (Å²) in [5.41, 5.74) is -0.402. The number of nitro groups is 1. The number of nitro benzene ring substituents is 1. The molecule has 0 radical (unpaired) electrons. The van der Waals surface area contributed by atoms with Crippen LogP contribution in [-0.4, -0.2) is 57.5 Å². The molecule has 0 aliphatic carbocycles. The molecule has 1 atom stereocenters. The van der Waals surface area contributed by atoms with Gasteiger partial charge in [0, 0.05) is 12.6 Å². The van der Waals surface area contributed by atoms with E-state index in [0.29, 0.717) is 12.2 Å². The van der Waals surface area contributed by atoms with Crippen molar-refractivity contribution in [1.29, 1.82) is 0 Å². The molecule has 2 aromatic rings. The fraction of sp³-hybridized carbons (Fsp3) is 0.350. The summed E-state index contributed by atoms with van der Waals surface area (Å²) in [6, 6.07) is 7.15. The van der Waals surface area contributed by atoms with Gasteiger partial charge in [-0.1, -0.05) is 0 Å². The molecule has 1 N–H and O–H groups in total. The molecule has 11 nitrogen and oxygen atoms in total. The van der Waals surface area contributed by atoms with Crippen molar-refractivity contribution >= 4 is 27.3 Å². The number of nitrogens with zero attached hydrogens (tertiary/aromatic N) is 2. The van der Waals surface area contributed by atoms with Gasteiger partial charge in [0.2, 0.25) is 15.9 Å². The first-order valence-corrected chi connectivity index (χ1v) is 11.0. The number of sulfonamides is 1. The van der Waals surface area contributed by atoms with Gasteiger partial charge in [-0.3, -0.25) is 14.9 Å². The Morgan fingerprint density at radius 3 is 2.44 bits per heavy atom. The minimum absolute atomic E-state index is 0.0452. The van der Waals surface area contributed by atoms with E-state index in [1.165, 1.54) is 57.7 Å². The fourth-order valence-corrected chi connectivity index (χ4v) is 5.19. The Balaban J connectivity index is 1.88. The molecule has 0 saturated carbocycles. The third-order valence-electron chi connectivity index (χ3n) is 5.13. The van der Waals surface area contributed by atoms with Crippen LogP contribution in [0.5, 0.6) is 17.2 Å². The smallest absolute Gasteiger partial charge is 0.296 e. The minimum atomic E-state index is -4.04. The zero-order chi connectivity index (χ0) is 23.5. The van der Waals surface area contributed by atoms with Crippen LogP contribution in [0, 0.1) is 10.1 Å².